The number of aliphatic hydroxyl groups excluding tert-OH is 1. The van der Waals surface area contributed by atoms with Crippen molar-refractivity contribution >= 4 is 21.4 Å². The zero-order valence-corrected chi connectivity index (χ0v) is 19.1. The minimum atomic E-state index is -3.56. The Morgan fingerprint density at radius 3 is 2.32 bits per heavy atom. The summed E-state index contributed by atoms with van der Waals surface area (Å²) < 4.78 is 41.3. The van der Waals surface area contributed by atoms with Gasteiger partial charge in [0.1, 0.15) is 24.2 Å². The van der Waals surface area contributed by atoms with E-state index in [1.54, 1.807) is 20.3 Å². The first-order valence-electron chi connectivity index (χ1n) is 9.64. The lowest BCUT2D eigenvalue weighted by molar-refractivity contribution is 0.111. The number of sulfonamides is 1. The maximum Gasteiger partial charge on any atom is 0.229 e. The minimum Gasteiger partial charge on any atom is -0.506 e. The molecule has 10 heteroatoms. The van der Waals surface area contributed by atoms with Gasteiger partial charge >= 0.3 is 0 Å². The number of nitrogens with zero attached hydrogens (tertiary/aromatic N) is 1. The number of rotatable bonds is 11. The van der Waals surface area contributed by atoms with Gasteiger partial charge in [-0.1, -0.05) is 0 Å². The molecule has 1 atom stereocenters. The number of methoxy groups -OCH3 is 2. The molecule has 0 saturated carbocycles. The van der Waals surface area contributed by atoms with E-state index in [1.165, 1.54) is 18.2 Å². The summed E-state index contributed by atoms with van der Waals surface area (Å²) in [5, 5.41) is 20.3. The van der Waals surface area contributed by atoms with Gasteiger partial charge in [-0.05, 0) is 38.1 Å². The van der Waals surface area contributed by atoms with Crippen LogP contribution in [-0.2, 0) is 10.0 Å². The molecule has 0 heterocycles. The highest BCUT2D eigenvalue weighted by Gasteiger charge is 2.18. The number of ether oxygens (including phenoxy) is 3. The fourth-order valence-corrected chi connectivity index (χ4v) is 3.54. The van der Waals surface area contributed by atoms with Gasteiger partial charge in [0.15, 0.2) is 11.5 Å². The summed E-state index contributed by atoms with van der Waals surface area (Å²) >= 11 is 0. The van der Waals surface area contributed by atoms with E-state index in [9.17, 15) is 18.6 Å². The zero-order chi connectivity index (χ0) is 23.2. The monoisotopic (exact) mass is 454 g/mol. The Hall–Kier alpha value is -2.85. The minimum absolute atomic E-state index is 0.00336. The maximum atomic E-state index is 11.4. The molecule has 0 aliphatic carbocycles. The van der Waals surface area contributed by atoms with Crippen LogP contribution >= 0.6 is 0 Å². The normalized spacial score (nSPS) is 12.4. The molecular formula is C21H30N2O7S. The van der Waals surface area contributed by atoms with Crippen LogP contribution < -0.4 is 23.8 Å². The Balaban J connectivity index is 2.08. The van der Waals surface area contributed by atoms with Crippen LogP contribution in [-0.4, -0.2) is 64.4 Å². The van der Waals surface area contributed by atoms with Crippen molar-refractivity contribution in [3.63, 3.8) is 0 Å². The largest absolute Gasteiger partial charge is 0.506 e. The van der Waals surface area contributed by atoms with Gasteiger partial charge in [-0.2, -0.15) is 0 Å². The molecule has 0 aliphatic rings. The number of phenolic OH excluding ortho intramolecular Hbond substituents is 1. The molecule has 172 valence electrons. The standard InChI is InChI=1S/C21H30N2O7S/c1-14(2)23(15-6-9-20(28-3)21(10-15)29-4)12-16(24)13-30-17-7-8-19(25)18(11-17)22-31(5,26)27/h6-11,14,16,22,24-25H,12-13H2,1-5H3. The highest BCUT2D eigenvalue weighted by atomic mass is 32.2. The predicted octanol–water partition coefficient (Wildman–Crippen LogP) is 2.44. The Labute approximate surface area is 183 Å². The van der Waals surface area contributed by atoms with Crippen molar-refractivity contribution in [1.29, 1.82) is 0 Å². The lowest BCUT2D eigenvalue weighted by Crippen LogP contribution is -2.40. The Morgan fingerprint density at radius 1 is 1.06 bits per heavy atom. The summed E-state index contributed by atoms with van der Waals surface area (Å²) in [6, 6.07) is 9.79. The average Bonchev–Trinajstić information content (AvgIpc) is 2.70. The van der Waals surface area contributed by atoms with E-state index >= 15 is 0 Å². The third kappa shape index (κ3) is 7.11. The summed E-state index contributed by atoms with van der Waals surface area (Å²) in [5.41, 5.74) is 0.861. The van der Waals surface area contributed by atoms with Gasteiger partial charge in [0.2, 0.25) is 10.0 Å². The van der Waals surface area contributed by atoms with Crippen LogP contribution in [0.15, 0.2) is 36.4 Å². The molecule has 2 aromatic rings. The molecule has 0 aromatic heterocycles. The molecule has 0 aliphatic heterocycles. The molecule has 31 heavy (non-hydrogen) atoms. The number of hydrogen-bond donors (Lipinski definition) is 3. The van der Waals surface area contributed by atoms with E-state index in [1.807, 2.05) is 30.9 Å². The molecular weight excluding hydrogens is 424 g/mol. The number of anilines is 2. The molecule has 0 amide bonds. The number of benzene rings is 2. The number of hydrogen-bond acceptors (Lipinski definition) is 8. The zero-order valence-electron chi connectivity index (χ0n) is 18.3. The van der Waals surface area contributed by atoms with Crippen LogP contribution in [0.2, 0.25) is 0 Å². The van der Waals surface area contributed by atoms with E-state index < -0.39 is 16.1 Å². The number of phenols is 1. The second kappa shape index (κ2) is 10.5. The summed E-state index contributed by atoms with van der Waals surface area (Å²) in [6.07, 6.45) is 0.147. The first-order valence-corrected chi connectivity index (χ1v) is 11.5. The second-order valence-corrected chi connectivity index (χ2v) is 9.05. The summed E-state index contributed by atoms with van der Waals surface area (Å²) in [4.78, 5) is 2.00. The Kier molecular flexibility index (Phi) is 8.23. The molecule has 1 unspecified atom stereocenters. The molecule has 0 radical (unpaired) electrons. The van der Waals surface area contributed by atoms with E-state index in [-0.39, 0.29) is 24.1 Å². The fraction of sp³-hybridized carbons (Fsp3) is 0.429. The Morgan fingerprint density at radius 2 is 1.74 bits per heavy atom. The molecule has 2 aromatic carbocycles. The molecule has 0 bridgehead atoms. The van der Waals surface area contributed by atoms with Crippen LogP contribution in [0, 0.1) is 0 Å². The van der Waals surface area contributed by atoms with Gasteiger partial charge in [-0.25, -0.2) is 8.42 Å². The first kappa shape index (κ1) is 24.4. The van der Waals surface area contributed by atoms with Crippen LogP contribution in [0.3, 0.4) is 0 Å². The quantitative estimate of drug-likeness (QED) is 0.443. The number of nitrogens with one attached hydrogen (secondary N) is 1. The van der Waals surface area contributed by atoms with Gasteiger partial charge < -0.3 is 29.3 Å². The van der Waals surface area contributed by atoms with E-state index in [4.69, 9.17) is 14.2 Å². The van der Waals surface area contributed by atoms with Crippen LogP contribution in [0.4, 0.5) is 11.4 Å². The van der Waals surface area contributed by atoms with Crippen molar-refractivity contribution in [3.05, 3.63) is 36.4 Å². The molecule has 9 nitrogen and oxygen atoms in total. The summed E-state index contributed by atoms with van der Waals surface area (Å²) in [5.74, 6) is 1.29. The van der Waals surface area contributed by atoms with Crippen molar-refractivity contribution in [2.24, 2.45) is 0 Å². The van der Waals surface area contributed by atoms with Gasteiger partial charge in [-0.15, -0.1) is 0 Å². The van der Waals surface area contributed by atoms with Crippen molar-refractivity contribution in [2.75, 3.05) is 43.2 Å². The van der Waals surface area contributed by atoms with Gasteiger partial charge in [-0.3, -0.25) is 4.72 Å². The molecule has 0 fully saturated rings. The molecule has 2 rings (SSSR count). The molecule has 0 saturated heterocycles. The highest BCUT2D eigenvalue weighted by molar-refractivity contribution is 7.92. The number of aliphatic hydroxyl groups is 1. The van der Waals surface area contributed by atoms with Crippen LogP contribution in [0.25, 0.3) is 0 Å². The predicted molar refractivity (Wildman–Crippen MR) is 120 cm³/mol. The fourth-order valence-electron chi connectivity index (χ4n) is 2.98. The summed E-state index contributed by atoms with van der Waals surface area (Å²) in [6.45, 7) is 4.28. The Bertz CT molecular complexity index is 980. The lowest BCUT2D eigenvalue weighted by atomic mass is 10.2. The third-order valence-corrected chi connectivity index (χ3v) is 5.03. The van der Waals surface area contributed by atoms with Crippen molar-refractivity contribution in [3.8, 4) is 23.0 Å². The topological polar surface area (TPSA) is 118 Å². The second-order valence-electron chi connectivity index (χ2n) is 7.30. The van der Waals surface area contributed by atoms with Gasteiger partial charge in [0, 0.05) is 30.4 Å². The van der Waals surface area contributed by atoms with Gasteiger partial charge in [0.25, 0.3) is 0 Å². The molecule has 3 N–H and O–H groups in total. The maximum absolute atomic E-state index is 11.4. The van der Waals surface area contributed by atoms with Crippen LogP contribution in [0.1, 0.15) is 13.8 Å². The molecule has 0 spiro atoms. The smallest absolute Gasteiger partial charge is 0.229 e. The lowest BCUT2D eigenvalue weighted by Gasteiger charge is -2.31. The van der Waals surface area contributed by atoms with E-state index in [0.29, 0.717) is 23.8 Å². The third-order valence-electron chi connectivity index (χ3n) is 4.44. The van der Waals surface area contributed by atoms with Crippen molar-refractivity contribution < 1.29 is 32.8 Å². The first-order chi connectivity index (χ1) is 14.5. The average molecular weight is 455 g/mol. The van der Waals surface area contributed by atoms with E-state index in [0.717, 1.165) is 11.9 Å². The van der Waals surface area contributed by atoms with Crippen molar-refractivity contribution in [1.82, 2.24) is 0 Å². The summed E-state index contributed by atoms with van der Waals surface area (Å²) in [7, 11) is -0.423. The highest BCUT2D eigenvalue weighted by Crippen LogP contribution is 2.32. The SMILES string of the molecule is COc1ccc(N(CC(O)COc2ccc(O)c(NS(C)(=O)=O)c2)C(C)C)cc1OC. The van der Waals surface area contributed by atoms with E-state index in [2.05, 4.69) is 4.72 Å². The number of aromatic hydroxyl groups is 1. The van der Waals surface area contributed by atoms with Gasteiger partial charge in [0.05, 0.1) is 26.2 Å². The van der Waals surface area contributed by atoms with Crippen LogP contribution in [0.5, 0.6) is 23.0 Å². The van der Waals surface area contributed by atoms with Crippen molar-refractivity contribution in [2.45, 2.75) is 26.0 Å².